The number of primary amides is 1. The summed E-state index contributed by atoms with van der Waals surface area (Å²) >= 11 is 0. The third-order valence-electron chi connectivity index (χ3n) is 8.86. The van der Waals surface area contributed by atoms with Crippen LogP contribution in [-0.4, -0.2) is 108 Å². The van der Waals surface area contributed by atoms with Crippen LogP contribution < -0.4 is 21.3 Å². The number of aromatic nitrogens is 2. The molecule has 4 N–H and O–H groups in total. The fraction of sp³-hybridized carbons (Fsp3) is 0.548. The number of anilines is 4. The molecular weight excluding hydrogens is 530 g/mol. The molecule has 0 saturated carbocycles. The Morgan fingerprint density at radius 2 is 1.79 bits per heavy atom. The quantitative estimate of drug-likeness (QED) is 0.367. The molecule has 3 fully saturated rings. The van der Waals surface area contributed by atoms with Crippen molar-refractivity contribution >= 4 is 34.8 Å². The fourth-order valence-corrected chi connectivity index (χ4v) is 6.25. The van der Waals surface area contributed by atoms with Crippen molar-refractivity contribution in [3.8, 4) is 0 Å². The Hall–Kier alpha value is -3.70. The lowest BCUT2D eigenvalue weighted by Gasteiger charge is -2.43. The number of nitrogens with two attached hydrogens (primary N) is 1. The minimum Gasteiger partial charge on any atom is -0.371 e. The van der Waals surface area contributed by atoms with Crippen molar-refractivity contribution in [2.75, 3.05) is 81.5 Å². The van der Waals surface area contributed by atoms with Crippen LogP contribution in [0, 0.1) is 12.8 Å². The Morgan fingerprint density at radius 3 is 2.40 bits per heavy atom. The van der Waals surface area contributed by atoms with Gasteiger partial charge in [0.2, 0.25) is 5.91 Å². The molecule has 4 heterocycles. The highest BCUT2D eigenvalue weighted by atomic mass is 16.2. The zero-order valence-electron chi connectivity index (χ0n) is 25.2. The number of rotatable bonds is 10. The lowest BCUT2D eigenvalue weighted by molar-refractivity contribution is -0.131. The number of piperidine rings is 1. The smallest absolute Gasteiger partial charge is 0.271 e. The highest BCUT2D eigenvalue weighted by Crippen LogP contribution is 2.30. The van der Waals surface area contributed by atoms with E-state index in [1.54, 1.807) is 4.90 Å². The molecule has 0 unspecified atom stereocenters. The lowest BCUT2D eigenvalue weighted by Crippen LogP contribution is -2.52. The van der Waals surface area contributed by atoms with Gasteiger partial charge in [-0.05, 0) is 63.1 Å². The van der Waals surface area contributed by atoms with Gasteiger partial charge in [-0.25, -0.2) is 9.97 Å². The summed E-state index contributed by atoms with van der Waals surface area (Å²) in [4.78, 5) is 42.8. The van der Waals surface area contributed by atoms with Crippen LogP contribution in [0.1, 0.15) is 41.5 Å². The first-order chi connectivity index (χ1) is 20.2. The van der Waals surface area contributed by atoms with Gasteiger partial charge in [-0.1, -0.05) is 13.5 Å². The van der Waals surface area contributed by atoms with Crippen molar-refractivity contribution in [1.29, 1.82) is 0 Å². The molecule has 3 saturated heterocycles. The van der Waals surface area contributed by atoms with E-state index in [4.69, 9.17) is 10.7 Å². The van der Waals surface area contributed by atoms with Gasteiger partial charge in [-0.15, -0.1) is 0 Å². The van der Waals surface area contributed by atoms with Gasteiger partial charge >= 0.3 is 0 Å². The van der Waals surface area contributed by atoms with Gasteiger partial charge in [0.05, 0.1) is 5.69 Å². The molecule has 11 nitrogen and oxygen atoms in total. The maximum absolute atomic E-state index is 12.3. The SMILES string of the molecule is C=CC(=O)N1CC(CNc2nc(Nc3ccc(N4CCC(N5CCN(C)CC5)CC4)c(C)c3)c(C(N)=O)nc2CC)C1. The molecule has 3 aliphatic rings. The van der Waals surface area contributed by atoms with E-state index in [9.17, 15) is 9.59 Å². The number of piperazine rings is 1. The Labute approximate surface area is 249 Å². The summed E-state index contributed by atoms with van der Waals surface area (Å²) in [6, 6.07) is 6.95. The summed E-state index contributed by atoms with van der Waals surface area (Å²) in [6.07, 6.45) is 4.31. The lowest BCUT2D eigenvalue weighted by atomic mass is 10.00. The number of likely N-dealkylation sites (N-methyl/N-ethyl adjacent to an activating group) is 1. The van der Waals surface area contributed by atoms with E-state index >= 15 is 0 Å². The number of carbonyl (C=O) groups excluding carboxylic acids is 2. The average molecular weight is 576 g/mol. The molecule has 0 bridgehead atoms. The molecule has 5 rings (SSSR count). The molecule has 1 aromatic heterocycles. The van der Waals surface area contributed by atoms with E-state index in [0.717, 1.165) is 31.9 Å². The predicted molar refractivity (Wildman–Crippen MR) is 167 cm³/mol. The van der Waals surface area contributed by atoms with Crippen LogP contribution in [0.4, 0.5) is 23.0 Å². The highest BCUT2D eigenvalue weighted by Gasteiger charge is 2.30. The van der Waals surface area contributed by atoms with Crippen LogP contribution in [0.15, 0.2) is 30.9 Å². The number of hydrogen-bond donors (Lipinski definition) is 3. The van der Waals surface area contributed by atoms with Crippen LogP contribution in [0.3, 0.4) is 0 Å². The molecule has 226 valence electrons. The zero-order valence-corrected chi connectivity index (χ0v) is 25.2. The first kappa shape index (κ1) is 29.8. The normalized spacial score (nSPS) is 18.9. The van der Waals surface area contributed by atoms with Crippen LogP contribution in [0.5, 0.6) is 0 Å². The molecule has 3 aliphatic heterocycles. The Balaban J connectivity index is 1.24. The monoisotopic (exact) mass is 575 g/mol. The average Bonchev–Trinajstić information content (AvgIpc) is 2.96. The van der Waals surface area contributed by atoms with Gasteiger partial charge < -0.3 is 31.1 Å². The van der Waals surface area contributed by atoms with Gasteiger partial charge in [-0.2, -0.15) is 0 Å². The number of nitrogens with one attached hydrogen (secondary N) is 2. The number of hydrogen-bond acceptors (Lipinski definition) is 9. The topological polar surface area (TPSA) is 123 Å². The van der Waals surface area contributed by atoms with Crippen molar-refractivity contribution in [2.45, 2.75) is 39.2 Å². The third kappa shape index (κ3) is 6.68. The number of benzene rings is 1. The molecule has 2 amide bonds. The highest BCUT2D eigenvalue weighted by molar-refractivity contribution is 5.96. The maximum Gasteiger partial charge on any atom is 0.271 e. The largest absolute Gasteiger partial charge is 0.371 e. The number of aryl methyl sites for hydroxylation is 2. The fourth-order valence-electron chi connectivity index (χ4n) is 6.25. The Kier molecular flexibility index (Phi) is 9.27. The maximum atomic E-state index is 12.3. The summed E-state index contributed by atoms with van der Waals surface area (Å²) in [6.45, 7) is 16.4. The Morgan fingerprint density at radius 1 is 1.07 bits per heavy atom. The van der Waals surface area contributed by atoms with Crippen LogP contribution in [0.25, 0.3) is 0 Å². The van der Waals surface area contributed by atoms with E-state index in [1.807, 2.05) is 13.0 Å². The van der Waals surface area contributed by atoms with Gasteiger partial charge in [0.15, 0.2) is 11.5 Å². The molecular formula is C31H45N9O2. The molecule has 0 radical (unpaired) electrons. The molecule has 0 atom stereocenters. The van der Waals surface area contributed by atoms with Crippen molar-refractivity contribution in [3.63, 3.8) is 0 Å². The summed E-state index contributed by atoms with van der Waals surface area (Å²) in [5.41, 5.74) is 9.75. The molecule has 1 aromatic carbocycles. The number of carbonyl (C=O) groups is 2. The number of nitrogens with zero attached hydrogens (tertiary/aromatic N) is 6. The minimum atomic E-state index is -0.625. The van der Waals surface area contributed by atoms with Crippen molar-refractivity contribution < 1.29 is 9.59 Å². The standard InChI is InChI=1S/C31H45N9O2/c1-5-25-30(33-18-22-19-40(20-22)27(41)6-2)36-31(28(35-25)29(32)42)34-23-7-8-26(21(3)17-23)39-11-9-24(10-12-39)38-15-13-37(4)14-16-38/h6-8,17,22,24H,2,5,9-16,18-20H2,1,3-4H3,(H2,32,42)(H2,33,34,36). The van der Waals surface area contributed by atoms with Gasteiger partial charge in [0, 0.05) is 82.2 Å². The Bertz CT molecular complexity index is 1290. The number of amides is 2. The third-order valence-corrected chi connectivity index (χ3v) is 8.86. The summed E-state index contributed by atoms with van der Waals surface area (Å²) in [7, 11) is 2.21. The van der Waals surface area contributed by atoms with Crippen molar-refractivity contribution in [3.05, 3.63) is 47.8 Å². The molecule has 2 aromatic rings. The molecule has 11 heteroatoms. The first-order valence-corrected chi connectivity index (χ1v) is 15.2. The summed E-state index contributed by atoms with van der Waals surface area (Å²) < 4.78 is 0. The van der Waals surface area contributed by atoms with E-state index in [-0.39, 0.29) is 11.6 Å². The zero-order chi connectivity index (χ0) is 29.8. The van der Waals surface area contributed by atoms with Crippen molar-refractivity contribution in [1.82, 2.24) is 24.7 Å². The van der Waals surface area contributed by atoms with Gasteiger partial charge in [0.25, 0.3) is 5.91 Å². The second kappa shape index (κ2) is 13.1. The van der Waals surface area contributed by atoms with E-state index in [0.29, 0.717) is 55.3 Å². The van der Waals surface area contributed by atoms with E-state index in [1.165, 1.54) is 43.3 Å². The minimum absolute atomic E-state index is 0.0472. The van der Waals surface area contributed by atoms with Gasteiger partial charge in [-0.3, -0.25) is 14.5 Å². The molecule has 0 aliphatic carbocycles. The predicted octanol–water partition coefficient (Wildman–Crippen LogP) is 2.46. The molecule has 0 spiro atoms. The van der Waals surface area contributed by atoms with E-state index in [2.05, 4.69) is 63.0 Å². The summed E-state index contributed by atoms with van der Waals surface area (Å²) in [5, 5.41) is 6.69. The van der Waals surface area contributed by atoms with E-state index < -0.39 is 5.91 Å². The molecule has 42 heavy (non-hydrogen) atoms. The summed E-state index contributed by atoms with van der Waals surface area (Å²) in [5.74, 6) is 0.596. The van der Waals surface area contributed by atoms with Crippen molar-refractivity contribution in [2.24, 2.45) is 11.7 Å². The van der Waals surface area contributed by atoms with Crippen LogP contribution in [0.2, 0.25) is 0 Å². The van der Waals surface area contributed by atoms with Crippen LogP contribution >= 0.6 is 0 Å². The van der Waals surface area contributed by atoms with Gasteiger partial charge in [0.1, 0.15) is 5.82 Å². The second-order valence-electron chi connectivity index (χ2n) is 11.8. The first-order valence-electron chi connectivity index (χ1n) is 15.2. The van der Waals surface area contributed by atoms with Crippen LogP contribution in [-0.2, 0) is 11.2 Å². The number of likely N-dealkylation sites (tertiary alicyclic amines) is 1. The second-order valence-corrected chi connectivity index (χ2v) is 11.8.